The van der Waals surface area contributed by atoms with E-state index in [1.54, 1.807) is 24.3 Å². The fourth-order valence-corrected chi connectivity index (χ4v) is 2.15. The Morgan fingerprint density at radius 2 is 1.95 bits per heavy atom. The maximum atomic E-state index is 12.1. The van der Waals surface area contributed by atoms with Crippen molar-refractivity contribution in [3.05, 3.63) is 29.8 Å². The maximum Gasteiger partial charge on any atom is 0.307 e. The van der Waals surface area contributed by atoms with Gasteiger partial charge in [0.2, 0.25) is 5.91 Å². The molecule has 5 heteroatoms. The number of carboxylic acid groups (broad SMARTS) is 1. The number of hydrogen-bond acceptors (Lipinski definition) is 3. The molecule has 1 aliphatic rings. The highest BCUT2D eigenvalue weighted by molar-refractivity contribution is 5.93. The molecule has 1 aromatic rings. The van der Waals surface area contributed by atoms with Crippen LogP contribution in [0.3, 0.4) is 0 Å². The van der Waals surface area contributed by atoms with Crippen LogP contribution in [0.2, 0.25) is 0 Å². The van der Waals surface area contributed by atoms with E-state index >= 15 is 0 Å². The number of carbonyl (C=O) groups excluding carboxylic acids is 1. The first-order valence-electron chi connectivity index (χ1n) is 6.35. The molecule has 0 aliphatic carbocycles. The first-order valence-corrected chi connectivity index (χ1v) is 6.35. The molecular weight excluding hydrogens is 246 g/mol. The predicted molar refractivity (Wildman–Crippen MR) is 70.0 cm³/mol. The third kappa shape index (κ3) is 3.79. The monoisotopic (exact) mass is 263 g/mol. The summed E-state index contributed by atoms with van der Waals surface area (Å²) >= 11 is 0. The second-order valence-corrected chi connectivity index (χ2v) is 4.60. The summed E-state index contributed by atoms with van der Waals surface area (Å²) in [5.74, 6) is -1.01. The number of aliphatic carboxylic acids is 1. The first-order chi connectivity index (χ1) is 9.16. The Balaban J connectivity index is 2.05. The van der Waals surface area contributed by atoms with Gasteiger partial charge in [-0.2, -0.15) is 0 Å². The summed E-state index contributed by atoms with van der Waals surface area (Å²) in [5, 5.41) is 11.7. The normalized spacial score (nSPS) is 16.0. The zero-order valence-electron chi connectivity index (χ0n) is 10.6. The second-order valence-electron chi connectivity index (χ2n) is 4.60. The summed E-state index contributed by atoms with van der Waals surface area (Å²) in [6.07, 6.45) is 1.34. The molecule has 0 aromatic heterocycles. The van der Waals surface area contributed by atoms with E-state index in [0.29, 0.717) is 37.3 Å². The van der Waals surface area contributed by atoms with E-state index in [1.165, 1.54) is 0 Å². The number of benzene rings is 1. The summed E-state index contributed by atoms with van der Waals surface area (Å²) in [4.78, 5) is 22.9. The Kier molecular flexibility index (Phi) is 4.52. The number of anilines is 1. The predicted octanol–water partition coefficient (Wildman–Crippen LogP) is 1.68. The van der Waals surface area contributed by atoms with Crippen molar-refractivity contribution in [1.82, 2.24) is 0 Å². The molecule has 0 spiro atoms. The van der Waals surface area contributed by atoms with Gasteiger partial charge in [0.05, 0.1) is 6.42 Å². The van der Waals surface area contributed by atoms with Gasteiger partial charge in [0.1, 0.15) is 0 Å². The fraction of sp³-hybridized carbons (Fsp3) is 0.429. The van der Waals surface area contributed by atoms with Crippen LogP contribution < -0.4 is 5.32 Å². The molecule has 2 N–H and O–H groups in total. The first kappa shape index (κ1) is 13.5. The second kappa shape index (κ2) is 6.33. The number of hydrogen-bond donors (Lipinski definition) is 2. The van der Waals surface area contributed by atoms with E-state index < -0.39 is 5.97 Å². The zero-order valence-corrected chi connectivity index (χ0v) is 10.6. The van der Waals surface area contributed by atoms with Crippen LogP contribution in [-0.4, -0.2) is 30.2 Å². The lowest BCUT2D eigenvalue weighted by atomic mass is 9.99. The van der Waals surface area contributed by atoms with Gasteiger partial charge in [-0.25, -0.2) is 0 Å². The average molecular weight is 263 g/mol. The molecule has 1 aromatic carbocycles. The van der Waals surface area contributed by atoms with Crippen LogP contribution in [0.5, 0.6) is 0 Å². The van der Waals surface area contributed by atoms with Gasteiger partial charge in [-0.15, -0.1) is 0 Å². The lowest BCUT2D eigenvalue weighted by Gasteiger charge is -2.21. The van der Waals surface area contributed by atoms with Gasteiger partial charge in [-0.05, 0) is 24.5 Å². The zero-order chi connectivity index (χ0) is 13.7. The van der Waals surface area contributed by atoms with Crippen LogP contribution in [0.1, 0.15) is 18.4 Å². The summed E-state index contributed by atoms with van der Waals surface area (Å²) in [6.45, 7) is 1.21. The highest BCUT2D eigenvalue weighted by atomic mass is 16.5. The highest BCUT2D eigenvalue weighted by Gasteiger charge is 2.22. The summed E-state index contributed by atoms with van der Waals surface area (Å²) in [7, 11) is 0. The average Bonchev–Trinajstić information content (AvgIpc) is 2.41. The van der Waals surface area contributed by atoms with E-state index in [2.05, 4.69) is 5.32 Å². The van der Waals surface area contributed by atoms with Crippen molar-refractivity contribution in [2.24, 2.45) is 5.92 Å². The number of nitrogens with one attached hydrogen (secondary N) is 1. The molecule has 102 valence electrons. The molecule has 1 saturated heterocycles. The van der Waals surface area contributed by atoms with E-state index in [0.717, 1.165) is 0 Å². The lowest BCUT2D eigenvalue weighted by Crippen LogP contribution is -2.29. The van der Waals surface area contributed by atoms with Gasteiger partial charge in [-0.1, -0.05) is 18.2 Å². The van der Waals surface area contributed by atoms with Crippen molar-refractivity contribution in [3.8, 4) is 0 Å². The molecule has 0 atom stereocenters. The van der Waals surface area contributed by atoms with Crippen molar-refractivity contribution in [1.29, 1.82) is 0 Å². The van der Waals surface area contributed by atoms with Crippen molar-refractivity contribution >= 4 is 17.6 Å². The smallest absolute Gasteiger partial charge is 0.307 e. The van der Waals surface area contributed by atoms with Gasteiger partial charge < -0.3 is 15.2 Å². The Hall–Kier alpha value is -1.88. The number of ether oxygens (including phenoxy) is 1. The van der Waals surface area contributed by atoms with Gasteiger partial charge in [0, 0.05) is 24.8 Å². The molecule has 5 nitrogen and oxygen atoms in total. The van der Waals surface area contributed by atoms with Crippen molar-refractivity contribution in [2.75, 3.05) is 18.5 Å². The van der Waals surface area contributed by atoms with Gasteiger partial charge in [0.25, 0.3) is 0 Å². The van der Waals surface area contributed by atoms with Crippen LogP contribution in [0.4, 0.5) is 5.69 Å². The molecule has 0 radical (unpaired) electrons. The molecule has 19 heavy (non-hydrogen) atoms. The lowest BCUT2D eigenvalue weighted by molar-refractivity contribution is -0.136. The third-order valence-electron chi connectivity index (χ3n) is 3.21. The van der Waals surface area contributed by atoms with Gasteiger partial charge in [-0.3, -0.25) is 9.59 Å². The van der Waals surface area contributed by atoms with E-state index in [9.17, 15) is 9.59 Å². The number of carbonyl (C=O) groups is 2. The van der Waals surface area contributed by atoms with E-state index in [4.69, 9.17) is 9.84 Å². The maximum absolute atomic E-state index is 12.1. The Bertz CT molecular complexity index is 466. The molecule has 2 rings (SSSR count). The Morgan fingerprint density at radius 1 is 1.26 bits per heavy atom. The van der Waals surface area contributed by atoms with Gasteiger partial charge >= 0.3 is 5.97 Å². The minimum atomic E-state index is -0.909. The molecule has 1 aliphatic heterocycles. The summed E-state index contributed by atoms with van der Waals surface area (Å²) in [5.41, 5.74) is 1.21. The molecule has 0 unspecified atom stereocenters. The topological polar surface area (TPSA) is 75.6 Å². The molecule has 1 amide bonds. The minimum absolute atomic E-state index is 0.0494. The molecule has 1 heterocycles. The van der Waals surface area contributed by atoms with Crippen LogP contribution in [-0.2, 0) is 20.7 Å². The number of rotatable bonds is 4. The molecule has 0 saturated carbocycles. The Morgan fingerprint density at radius 3 is 2.63 bits per heavy atom. The molecule has 1 fully saturated rings. The SMILES string of the molecule is O=C(O)Cc1ccccc1NC(=O)C1CCOCC1. The van der Waals surface area contributed by atoms with Crippen LogP contribution in [0.15, 0.2) is 24.3 Å². The quantitative estimate of drug-likeness (QED) is 0.866. The summed E-state index contributed by atoms with van der Waals surface area (Å²) < 4.78 is 5.22. The molecular formula is C14H17NO4. The standard InChI is InChI=1S/C14H17NO4/c16-13(17)9-11-3-1-2-4-12(11)15-14(18)10-5-7-19-8-6-10/h1-4,10H,5-9H2,(H,15,18)(H,16,17). The fourth-order valence-electron chi connectivity index (χ4n) is 2.15. The van der Waals surface area contributed by atoms with E-state index in [1.807, 2.05) is 0 Å². The van der Waals surface area contributed by atoms with Gasteiger partial charge in [0.15, 0.2) is 0 Å². The van der Waals surface area contributed by atoms with Crippen LogP contribution in [0.25, 0.3) is 0 Å². The highest BCUT2D eigenvalue weighted by Crippen LogP contribution is 2.20. The van der Waals surface area contributed by atoms with Crippen LogP contribution in [0, 0.1) is 5.92 Å². The van der Waals surface area contributed by atoms with Crippen molar-refractivity contribution in [3.63, 3.8) is 0 Å². The van der Waals surface area contributed by atoms with E-state index in [-0.39, 0.29) is 18.2 Å². The number of amides is 1. The largest absolute Gasteiger partial charge is 0.481 e. The van der Waals surface area contributed by atoms with Crippen molar-refractivity contribution < 1.29 is 19.4 Å². The van der Waals surface area contributed by atoms with Crippen molar-refractivity contribution in [2.45, 2.75) is 19.3 Å². The Labute approximate surface area is 111 Å². The number of para-hydroxylation sites is 1. The van der Waals surface area contributed by atoms with Crippen LogP contribution >= 0.6 is 0 Å². The summed E-state index contributed by atoms with van der Waals surface area (Å²) in [6, 6.07) is 7.00. The minimum Gasteiger partial charge on any atom is -0.481 e. The molecule has 0 bridgehead atoms. The third-order valence-corrected chi connectivity index (χ3v) is 3.21. The number of carboxylic acids is 1.